The first kappa shape index (κ1) is 14.6. The highest BCUT2D eigenvalue weighted by molar-refractivity contribution is 7.09. The van der Waals surface area contributed by atoms with Gasteiger partial charge in [0.05, 0.1) is 12.2 Å². The van der Waals surface area contributed by atoms with Crippen LogP contribution in [0.5, 0.6) is 0 Å². The normalized spacial score (nSPS) is 18.4. The number of hydrogen-bond donors (Lipinski definition) is 1. The number of likely N-dealkylation sites (tertiary alicyclic amines) is 1. The molecule has 0 spiro atoms. The first-order valence-corrected chi connectivity index (χ1v) is 7.92. The molecule has 1 fully saturated rings. The van der Waals surface area contributed by atoms with Gasteiger partial charge in [0.15, 0.2) is 5.69 Å². The van der Waals surface area contributed by atoms with E-state index in [2.05, 4.69) is 15.3 Å². The van der Waals surface area contributed by atoms with Gasteiger partial charge < -0.3 is 10.6 Å². The number of amides is 2. The molecular formula is C13H16N6O2S. The number of primary amides is 1. The van der Waals surface area contributed by atoms with Crippen LogP contribution in [0.1, 0.15) is 40.8 Å². The van der Waals surface area contributed by atoms with Gasteiger partial charge in [0.2, 0.25) is 5.91 Å². The van der Waals surface area contributed by atoms with Crippen molar-refractivity contribution in [2.45, 2.75) is 31.8 Å². The number of aromatic nitrogens is 4. The second-order valence-corrected chi connectivity index (χ2v) is 6.07. The monoisotopic (exact) mass is 320 g/mol. The van der Waals surface area contributed by atoms with Crippen LogP contribution in [0, 0.1) is 0 Å². The predicted octanol–water partition coefficient (Wildman–Crippen LogP) is 0.587. The summed E-state index contributed by atoms with van der Waals surface area (Å²) >= 11 is 1.55. The van der Waals surface area contributed by atoms with Crippen molar-refractivity contribution in [3.63, 3.8) is 0 Å². The highest BCUT2D eigenvalue weighted by atomic mass is 32.1. The molecule has 0 saturated carbocycles. The fourth-order valence-corrected chi connectivity index (χ4v) is 3.40. The van der Waals surface area contributed by atoms with E-state index in [4.69, 9.17) is 5.73 Å². The third kappa shape index (κ3) is 2.98. The molecule has 2 aromatic rings. The number of nitrogens with two attached hydrogens (primary N) is 1. The van der Waals surface area contributed by atoms with E-state index in [1.165, 1.54) is 10.9 Å². The van der Waals surface area contributed by atoms with Crippen LogP contribution in [0.4, 0.5) is 0 Å². The van der Waals surface area contributed by atoms with E-state index in [0.29, 0.717) is 6.54 Å². The van der Waals surface area contributed by atoms with E-state index in [0.717, 1.165) is 24.3 Å². The molecule has 2 amide bonds. The molecule has 116 valence electrons. The molecule has 0 unspecified atom stereocenters. The molecular weight excluding hydrogens is 304 g/mol. The molecule has 1 aliphatic rings. The van der Waals surface area contributed by atoms with Crippen LogP contribution in [-0.2, 0) is 11.3 Å². The Kier molecular flexibility index (Phi) is 4.14. The van der Waals surface area contributed by atoms with Gasteiger partial charge in [-0.1, -0.05) is 5.21 Å². The SMILES string of the molecule is NC(=O)Cn1cc(C(=O)N2CCCC[C@H]2c2nccs2)nn1. The van der Waals surface area contributed by atoms with Crippen LogP contribution < -0.4 is 5.73 Å². The Labute approximate surface area is 130 Å². The molecule has 8 nitrogen and oxygen atoms in total. The summed E-state index contributed by atoms with van der Waals surface area (Å²) in [5.74, 6) is -0.710. The Bertz CT molecular complexity index is 668. The zero-order chi connectivity index (χ0) is 15.5. The second-order valence-electron chi connectivity index (χ2n) is 5.15. The largest absolute Gasteiger partial charge is 0.368 e. The predicted molar refractivity (Wildman–Crippen MR) is 79.0 cm³/mol. The van der Waals surface area contributed by atoms with E-state index in [-0.39, 0.29) is 24.2 Å². The topological polar surface area (TPSA) is 107 Å². The van der Waals surface area contributed by atoms with E-state index in [1.807, 2.05) is 5.38 Å². The van der Waals surface area contributed by atoms with Crippen LogP contribution in [0.3, 0.4) is 0 Å². The van der Waals surface area contributed by atoms with Crippen LogP contribution in [-0.4, -0.2) is 43.2 Å². The molecule has 1 aliphatic heterocycles. The van der Waals surface area contributed by atoms with Crippen molar-refractivity contribution < 1.29 is 9.59 Å². The van der Waals surface area contributed by atoms with Gasteiger partial charge in [-0.25, -0.2) is 9.67 Å². The van der Waals surface area contributed by atoms with Crippen LogP contribution in [0.25, 0.3) is 0 Å². The maximum Gasteiger partial charge on any atom is 0.276 e. The molecule has 0 radical (unpaired) electrons. The van der Waals surface area contributed by atoms with Gasteiger partial charge >= 0.3 is 0 Å². The lowest BCUT2D eigenvalue weighted by molar-refractivity contribution is -0.118. The number of rotatable bonds is 4. The maximum absolute atomic E-state index is 12.7. The van der Waals surface area contributed by atoms with E-state index in [9.17, 15) is 9.59 Å². The van der Waals surface area contributed by atoms with Crippen LogP contribution >= 0.6 is 11.3 Å². The smallest absolute Gasteiger partial charge is 0.276 e. The number of carbonyl (C=O) groups is 2. The van der Waals surface area contributed by atoms with Gasteiger partial charge in [-0.2, -0.15) is 0 Å². The Morgan fingerprint density at radius 2 is 2.27 bits per heavy atom. The highest BCUT2D eigenvalue weighted by Crippen LogP contribution is 2.32. The summed E-state index contributed by atoms with van der Waals surface area (Å²) in [6.45, 7) is 0.585. The lowest BCUT2D eigenvalue weighted by atomic mass is 10.0. The summed E-state index contributed by atoms with van der Waals surface area (Å²) in [6.07, 6.45) is 6.14. The number of carbonyl (C=O) groups excluding carboxylic acids is 2. The van der Waals surface area contributed by atoms with Crippen molar-refractivity contribution >= 4 is 23.2 Å². The average molecular weight is 320 g/mol. The minimum Gasteiger partial charge on any atom is -0.368 e. The minimum absolute atomic E-state index is 0.0115. The van der Waals surface area contributed by atoms with Gasteiger partial charge in [0.25, 0.3) is 5.91 Å². The number of hydrogen-bond acceptors (Lipinski definition) is 6. The van der Waals surface area contributed by atoms with Crippen molar-refractivity contribution in [3.05, 3.63) is 28.5 Å². The summed E-state index contributed by atoms with van der Waals surface area (Å²) in [5, 5.41) is 10.5. The summed E-state index contributed by atoms with van der Waals surface area (Å²) in [6, 6.07) is -0.0115. The van der Waals surface area contributed by atoms with Gasteiger partial charge in [0.1, 0.15) is 11.6 Å². The fourth-order valence-electron chi connectivity index (χ4n) is 2.61. The lowest BCUT2D eigenvalue weighted by Crippen LogP contribution is -2.38. The average Bonchev–Trinajstić information content (AvgIpc) is 3.17. The van der Waals surface area contributed by atoms with Crippen LogP contribution in [0.2, 0.25) is 0 Å². The maximum atomic E-state index is 12.7. The number of thiazole rings is 1. The molecule has 2 aromatic heterocycles. The zero-order valence-electron chi connectivity index (χ0n) is 11.9. The highest BCUT2D eigenvalue weighted by Gasteiger charge is 2.31. The molecule has 3 rings (SSSR count). The standard InChI is InChI=1S/C13H16N6O2S/c14-11(20)8-18-7-9(16-17-18)13(21)19-5-2-1-3-10(19)12-15-4-6-22-12/h4,6-7,10H,1-3,5,8H2,(H2,14,20)/t10-/m0/s1. The van der Waals surface area contributed by atoms with E-state index < -0.39 is 5.91 Å². The first-order valence-electron chi connectivity index (χ1n) is 7.04. The van der Waals surface area contributed by atoms with Gasteiger partial charge in [-0.15, -0.1) is 16.4 Å². The molecule has 1 atom stereocenters. The zero-order valence-corrected chi connectivity index (χ0v) is 12.7. The van der Waals surface area contributed by atoms with Crippen molar-refractivity contribution in [3.8, 4) is 0 Å². The molecule has 2 N–H and O–H groups in total. The number of nitrogens with zero attached hydrogens (tertiary/aromatic N) is 5. The van der Waals surface area contributed by atoms with Gasteiger partial charge in [-0.05, 0) is 19.3 Å². The summed E-state index contributed by atoms with van der Waals surface area (Å²) in [7, 11) is 0. The van der Waals surface area contributed by atoms with E-state index >= 15 is 0 Å². The summed E-state index contributed by atoms with van der Waals surface area (Å²) in [5.41, 5.74) is 5.34. The molecule has 1 saturated heterocycles. The Morgan fingerprint density at radius 1 is 1.41 bits per heavy atom. The second kappa shape index (κ2) is 6.22. The van der Waals surface area contributed by atoms with E-state index in [1.54, 1.807) is 22.4 Å². The van der Waals surface area contributed by atoms with Gasteiger partial charge in [-0.3, -0.25) is 9.59 Å². The Balaban J connectivity index is 1.80. The Hall–Kier alpha value is -2.29. The molecule has 0 aliphatic carbocycles. The molecule has 22 heavy (non-hydrogen) atoms. The molecule has 3 heterocycles. The quantitative estimate of drug-likeness (QED) is 0.887. The van der Waals surface area contributed by atoms with Crippen molar-refractivity contribution in [2.75, 3.05) is 6.54 Å². The fraction of sp³-hybridized carbons (Fsp3) is 0.462. The van der Waals surface area contributed by atoms with Crippen molar-refractivity contribution in [2.24, 2.45) is 5.73 Å². The number of piperidine rings is 1. The van der Waals surface area contributed by atoms with Crippen molar-refractivity contribution in [1.82, 2.24) is 24.9 Å². The third-order valence-corrected chi connectivity index (χ3v) is 4.45. The summed E-state index contributed by atoms with van der Waals surface area (Å²) in [4.78, 5) is 29.7. The van der Waals surface area contributed by atoms with Crippen LogP contribution in [0.15, 0.2) is 17.8 Å². The summed E-state index contributed by atoms with van der Waals surface area (Å²) < 4.78 is 1.28. The molecule has 9 heteroatoms. The minimum atomic E-state index is -0.525. The molecule has 0 aromatic carbocycles. The third-order valence-electron chi connectivity index (χ3n) is 3.58. The van der Waals surface area contributed by atoms with Gasteiger partial charge in [0, 0.05) is 18.1 Å². The Morgan fingerprint density at radius 3 is 3.00 bits per heavy atom. The first-order chi connectivity index (χ1) is 10.6. The molecule has 0 bridgehead atoms. The lowest BCUT2D eigenvalue weighted by Gasteiger charge is -2.33. The van der Waals surface area contributed by atoms with Crippen molar-refractivity contribution in [1.29, 1.82) is 0 Å².